The summed E-state index contributed by atoms with van der Waals surface area (Å²) in [6, 6.07) is 9.24. The number of nitrogens with one attached hydrogen (secondary N) is 1. The lowest BCUT2D eigenvalue weighted by Gasteiger charge is -2.22. The van der Waals surface area contributed by atoms with Crippen LogP contribution >= 0.6 is 0 Å². The first-order valence-electron chi connectivity index (χ1n) is 7.61. The topological polar surface area (TPSA) is 21.3 Å². The zero-order valence-corrected chi connectivity index (χ0v) is 12.5. The van der Waals surface area contributed by atoms with E-state index >= 15 is 0 Å². The molecule has 0 bridgehead atoms. The summed E-state index contributed by atoms with van der Waals surface area (Å²) in [6.07, 6.45) is 5.09. The molecule has 0 amide bonds. The van der Waals surface area contributed by atoms with E-state index in [1.165, 1.54) is 31.2 Å². The molecule has 3 atom stereocenters. The summed E-state index contributed by atoms with van der Waals surface area (Å²) in [4.78, 5) is 0. The zero-order chi connectivity index (χ0) is 13.7. The van der Waals surface area contributed by atoms with Gasteiger partial charge in [0, 0.05) is 6.04 Å². The number of benzene rings is 1. The molecule has 1 aliphatic carbocycles. The Morgan fingerprint density at radius 3 is 2.89 bits per heavy atom. The van der Waals surface area contributed by atoms with Crippen LogP contribution in [0.3, 0.4) is 0 Å². The third-order valence-electron chi connectivity index (χ3n) is 4.52. The standard InChI is InChI=1S/C17H27NO/c1-4-10-18-17-9-8-15(13(17)2)11-14-6-5-7-16(12-14)19-3/h5-7,12-13,15,17-18H,4,8-11H2,1-3H3. The second-order valence-corrected chi connectivity index (χ2v) is 5.81. The first-order valence-corrected chi connectivity index (χ1v) is 7.61. The first-order chi connectivity index (χ1) is 9.24. The molecule has 1 aromatic rings. The zero-order valence-electron chi connectivity index (χ0n) is 12.5. The average molecular weight is 261 g/mol. The van der Waals surface area contributed by atoms with Crippen LogP contribution in [0, 0.1) is 11.8 Å². The SMILES string of the molecule is CCCNC1CCC(Cc2cccc(OC)c2)C1C. The van der Waals surface area contributed by atoms with Crippen molar-refractivity contribution >= 4 is 0 Å². The lowest BCUT2D eigenvalue weighted by molar-refractivity contribution is 0.350. The van der Waals surface area contributed by atoms with E-state index in [4.69, 9.17) is 4.74 Å². The molecule has 1 saturated carbocycles. The Balaban J connectivity index is 1.92. The number of ether oxygens (including phenoxy) is 1. The Bertz CT molecular complexity index is 391. The third kappa shape index (κ3) is 3.73. The third-order valence-corrected chi connectivity index (χ3v) is 4.52. The summed E-state index contributed by atoms with van der Waals surface area (Å²) in [6.45, 7) is 5.80. The van der Waals surface area contributed by atoms with Gasteiger partial charge >= 0.3 is 0 Å². The molecular weight excluding hydrogens is 234 g/mol. The van der Waals surface area contributed by atoms with E-state index < -0.39 is 0 Å². The molecule has 2 heteroatoms. The van der Waals surface area contributed by atoms with Crippen molar-refractivity contribution in [3.8, 4) is 5.75 Å². The molecular formula is C17H27NO. The maximum absolute atomic E-state index is 5.31. The smallest absolute Gasteiger partial charge is 0.119 e. The Morgan fingerprint density at radius 2 is 2.16 bits per heavy atom. The Hall–Kier alpha value is -1.02. The summed E-state index contributed by atoms with van der Waals surface area (Å²) < 4.78 is 5.31. The van der Waals surface area contributed by atoms with Crippen molar-refractivity contribution in [2.45, 2.75) is 45.6 Å². The minimum Gasteiger partial charge on any atom is -0.497 e. The first kappa shape index (κ1) is 14.4. The molecule has 2 nitrogen and oxygen atoms in total. The van der Waals surface area contributed by atoms with Crippen LogP contribution in [-0.4, -0.2) is 19.7 Å². The van der Waals surface area contributed by atoms with Crippen molar-refractivity contribution < 1.29 is 4.74 Å². The number of methoxy groups -OCH3 is 1. The van der Waals surface area contributed by atoms with E-state index in [0.717, 1.165) is 30.2 Å². The predicted octanol–water partition coefficient (Wildman–Crippen LogP) is 3.65. The summed E-state index contributed by atoms with van der Waals surface area (Å²) >= 11 is 0. The minimum absolute atomic E-state index is 0.718. The van der Waals surface area contributed by atoms with Gasteiger partial charge in [0.1, 0.15) is 5.75 Å². The number of rotatable bonds is 6. The molecule has 0 saturated heterocycles. The second kappa shape index (κ2) is 6.95. The van der Waals surface area contributed by atoms with Gasteiger partial charge in [0.05, 0.1) is 7.11 Å². The second-order valence-electron chi connectivity index (χ2n) is 5.81. The minimum atomic E-state index is 0.718. The molecule has 0 aliphatic heterocycles. The van der Waals surface area contributed by atoms with Crippen LogP contribution in [0.5, 0.6) is 5.75 Å². The molecule has 106 valence electrons. The van der Waals surface area contributed by atoms with Crippen molar-refractivity contribution in [3.05, 3.63) is 29.8 Å². The van der Waals surface area contributed by atoms with E-state index in [9.17, 15) is 0 Å². The van der Waals surface area contributed by atoms with Crippen LogP contribution in [0.2, 0.25) is 0 Å². The van der Waals surface area contributed by atoms with Crippen molar-refractivity contribution in [2.75, 3.05) is 13.7 Å². The fourth-order valence-corrected chi connectivity index (χ4v) is 3.26. The Labute approximate surface area is 117 Å². The van der Waals surface area contributed by atoms with Gasteiger partial charge in [-0.3, -0.25) is 0 Å². The van der Waals surface area contributed by atoms with Crippen molar-refractivity contribution in [1.29, 1.82) is 0 Å². The number of hydrogen-bond acceptors (Lipinski definition) is 2. The van der Waals surface area contributed by atoms with Gasteiger partial charge in [-0.2, -0.15) is 0 Å². The highest BCUT2D eigenvalue weighted by molar-refractivity contribution is 5.28. The van der Waals surface area contributed by atoms with Crippen LogP contribution in [0.1, 0.15) is 38.7 Å². The molecule has 3 unspecified atom stereocenters. The van der Waals surface area contributed by atoms with E-state index in [0.29, 0.717) is 0 Å². The highest BCUT2D eigenvalue weighted by Crippen LogP contribution is 2.34. The van der Waals surface area contributed by atoms with Crippen LogP contribution in [0.25, 0.3) is 0 Å². The number of hydrogen-bond donors (Lipinski definition) is 1. The van der Waals surface area contributed by atoms with Gasteiger partial charge in [-0.1, -0.05) is 26.0 Å². The van der Waals surface area contributed by atoms with Crippen LogP contribution in [-0.2, 0) is 6.42 Å². The summed E-state index contributed by atoms with van der Waals surface area (Å²) in [5, 5.41) is 3.69. The van der Waals surface area contributed by atoms with Crippen molar-refractivity contribution in [1.82, 2.24) is 5.32 Å². The largest absolute Gasteiger partial charge is 0.497 e. The van der Waals surface area contributed by atoms with Crippen LogP contribution in [0.15, 0.2) is 24.3 Å². The van der Waals surface area contributed by atoms with Crippen molar-refractivity contribution in [3.63, 3.8) is 0 Å². The maximum atomic E-state index is 5.31. The summed E-state index contributed by atoms with van der Waals surface area (Å²) in [5.41, 5.74) is 1.41. The van der Waals surface area contributed by atoms with Gasteiger partial charge in [-0.05, 0) is 61.8 Å². The van der Waals surface area contributed by atoms with Gasteiger partial charge in [-0.25, -0.2) is 0 Å². The monoisotopic (exact) mass is 261 g/mol. The van der Waals surface area contributed by atoms with Gasteiger partial charge in [0.15, 0.2) is 0 Å². The lowest BCUT2D eigenvalue weighted by Crippen LogP contribution is -2.33. The molecule has 0 heterocycles. The summed E-state index contributed by atoms with van der Waals surface area (Å²) in [7, 11) is 1.74. The van der Waals surface area contributed by atoms with Gasteiger partial charge in [0.25, 0.3) is 0 Å². The van der Waals surface area contributed by atoms with Crippen molar-refractivity contribution in [2.24, 2.45) is 11.8 Å². The lowest BCUT2D eigenvalue weighted by atomic mass is 9.89. The normalized spacial score (nSPS) is 26.6. The van der Waals surface area contributed by atoms with Crippen LogP contribution < -0.4 is 10.1 Å². The van der Waals surface area contributed by atoms with E-state index in [2.05, 4.69) is 37.4 Å². The molecule has 1 fully saturated rings. The van der Waals surface area contributed by atoms with Gasteiger partial charge < -0.3 is 10.1 Å². The highest BCUT2D eigenvalue weighted by atomic mass is 16.5. The fraction of sp³-hybridized carbons (Fsp3) is 0.647. The summed E-state index contributed by atoms with van der Waals surface area (Å²) in [5.74, 6) is 2.56. The molecule has 1 aromatic carbocycles. The van der Waals surface area contributed by atoms with Gasteiger partial charge in [-0.15, -0.1) is 0 Å². The van der Waals surface area contributed by atoms with E-state index in [1.807, 2.05) is 6.07 Å². The highest BCUT2D eigenvalue weighted by Gasteiger charge is 2.32. The van der Waals surface area contributed by atoms with E-state index in [1.54, 1.807) is 7.11 Å². The van der Waals surface area contributed by atoms with Crippen LogP contribution in [0.4, 0.5) is 0 Å². The maximum Gasteiger partial charge on any atom is 0.119 e. The quantitative estimate of drug-likeness (QED) is 0.844. The Kier molecular flexibility index (Phi) is 5.26. The Morgan fingerprint density at radius 1 is 1.32 bits per heavy atom. The molecule has 0 radical (unpaired) electrons. The van der Waals surface area contributed by atoms with Gasteiger partial charge in [0.2, 0.25) is 0 Å². The average Bonchev–Trinajstić information content (AvgIpc) is 2.78. The predicted molar refractivity (Wildman–Crippen MR) is 80.7 cm³/mol. The fourth-order valence-electron chi connectivity index (χ4n) is 3.26. The molecule has 1 N–H and O–H groups in total. The molecule has 0 aromatic heterocycles. The molecule has 2 rings (SSSR count). The molecule has 0 spiro atoms. The molecule has 1 aliphatic rings. The molecule has 19 heavy (non-hydrogen) atoms. The van der Waals surface area contributed by atoms with E-state index in [-0.39, 0.29) is 0 Å².